The fraction of sp³-hybridized carbons (Fsp3) is 0.333. The highest BCUT2D eigenvalue weighted by Gasteiger charge is 2.32. The number of ether oxygens (including phenoxy) is 2. The summed E-state index contributed by atoms with van der Waals surface area (Å²) in [6.45, 7) is 8.16. The second kappa shape index (κ2) is 12.3. The summed E-state index contributed by atoms with van der Waals surface area (Å²) in [6.07, 6.45) is 0.818. The molecular weight excluding hydrogens is 352 g/mol. The van der Waals surface area contributed by atoms with E-state index in [1.54, 1.807) is 12.2 Å². The fourth-order valence-corrected chi connectivity index (χ4v) is 2.94. The van der Waals surface area contributed by atoms with Crippen LogP contribution in [-0.2, 0) is 22.7 Å². The van der Waals surface area contributed by atoms with Crippen molar-refractivity contribution in [3.8, 4) is 0 Å². The van der Waals surface area contributed by atoms with E-state index in [4.69, 9.17) is 9.47 Å². The number of rotatable bonds is 13. The molecule has 2 N–H and O–H groups in total. The SMILES string of the molecule is C=CCC(OCc1ccccc1)C(O)C(O)C(CC=C)OCc1ccccc1. The third-order valence-electron chi connectivity index (χ3n) is 4.52. The first-order chi connectivity index (χ1) is 13.7. The molecule has 4 nitrogen and oxygen atoms in total. The van der Waals surface area contributed by atoms with Crippen molar-refractivity contribution in [1.82, 2.24) is 0 Å². The van der Waals surface area contributed by atoms with Gasteiger partial charge in [0.2, 0.25) is 0 Å². The predicted molar refractivity (Wildman–Crippen MR) is 112 cm³/mol. The van der Waals surface area contributed by atoms with Gasteiger partial charge in [0.1, 0.15) is 12.2 Å². The second-order valence-corrected chi connectivity index (χ2v) is 6.70. The molecule has 0 aromatic heterocycles. The van der Waals surface area contributed by atoms with Crippen LogP contribution in [0.25, 0.3) is 0 Å². The van der Waals surface area contributed by atoms with E-state index in [0.717, 1.165) is 11.1 Å². The summed E-state index contributed by atoms with van der Waals surface area (Å²) in [5.41, 5.74) is 2.00. The lowest BCUT2D eigenvalue weighted by atomic mass is 9.98. The number of aliphatic hydroxyl groups is 2. The van der Waals surface area contributed by atoms with Crippen molar-refractivity contribution in [3.05, 3.63) is 97.1 Å². The number of aliphatic hydroxyl groups excluding tert-OH is 2. The molecule has 4 heteroatoms. The van der Waals surface area contributed by atoms with E-state index in [1.807, 2.05) is 60.7 Å². The van der Waals surface area contributed by atoms with Crippen LogP contribution in [0.1, 0.15) is 24.0 Å². The Labute approximate surface area is 167 Å². The highest BCUT2D eigenvalue weighted by atomic mass is 16.5. The molecule has 0 bridgehead atoms. The lowest BCUT2D eigenvalue weighted by Gasteiger charge is -2.31. The van der Waals surface area contributed by atoms with Crippen molar-refractivity contribution in [2.24, 2.45) is 0 Å². The van der Waals surface area contributed by atoms with Crippen LogP contribution in [0.3, 0.4) is 0 Å². The van der Waals surface area contributed by atoms with Crippen molar-refractivity contribution >= 4 is 0 Å². The maximum atomic E-state index is 10.7. The molecular formula is C24H30O4. The molecule has 2 aromatic carbocycles. The molecule has 2 rings (SSSR count). The third kappa shape index (κ3) is 7.06. The molecule has 0 saturated heterocycles. The van der Waals surface area contributed by atoms with Gasteiger partial charge in [0, 0.05) is 0 Å². The van der Waals surface area contributed by atoms with Crippen LogP contribution in [0, 0.1) is 0 Å². The van der Waals surface area contributed by atoms with Gasteiger partial charge in [-0.25, -0.2) is 0 Å². The fourth-order valence-electron chi connectivity index (χ4n) is 2.94. The Bertz CT molecular complexity index is 625. The van der Waals surface area contributed by atoms with Crippen molar-refractivity contribution < 1.29 is 19.7 Å². The van der Waals surface area contributed by atoms with Gasteiger partial charge in [-0.3, -0.25) is 0 Å². The Kier molecular flexibility index (Phi) is 9.66. The molecule has 4 unspecified atom stereocenters. The lowest BCUT2D eigenvalue weighted by Crippen LogP contribution is -2.46. The Morgan fingerprint density at radius 1 is 0.679 bits per heavy atom. The molecule has 0 radical (unpaired) electrons. The van der Waals surface area contributed by atoms with Crippen molar-refractivity contribution in [1.29, 1.82) is 0 Å². The van der Waals surface area contributed by atoms with Gasteiger partial charge in [-0.05, 0) is 24.0 Å². The summed E-state index contributed by atoms with van der Waals surface area (Å²) < 4.78 is 11.8. The summed E-state index contributed by atoms with van der Waals surface area (Å²) in [4.78, 5) is 0. The smallest absolute Gasteiger partial charge is 0.109 e. The Morgan fingerprint density at radius 2 is 1.04 bits per heavy atom. The van der Waals surface area contributed by atoms with Gasteiger partial charge in [0.25, 0.3) is 0 Å². The highest BCUT2D eigenvalue weighted by Crippen LogP contribution is 2.19. The lowest BCUT2D eigenvalue weighted by molar-refractivity contribution is -0.141. The zero-order valence-electron chi connectivity index (χ0n) is 16.2. The molecule has 0 spiro atoms. The number of hydrogen-bond donors (Lipinski definition) is 2. The zero-order valence-corrected chi connectivity index (χ0v) is 16.2. The third-order valence-corrected chi connectivity index (χ3v) is 4.52. The average molecular weight is 383 g/mol. The predicted octanol–water partition coefficient (Wildman–Crippen LogP) is 4.03. The van der Waals surface area contributed by atoms with Crippen LogP contribution >= 0.6 is 0 Å². The van der Waals surface area contributed by atoms with Gasteiger partial charge in [-0.2, -0.15) is 0 Å². The summed E-state index contributed by atoms with van der Waals surface area (Å²) in [6, 6.07) is 19.4. The molecule has 0 saturated carbocycles. The molecule has 2 aromatic rings. The highest BCUT2D eigenvalue weighted by molar-refractivity contribution is 5.14. The normalized spacial score (nSPS) is 15.4. The Morgan fingerprint density at radius 3 is 1.36 bits per heavy atom. The van der Waals surface area contributed by atoms with Crippen LogP contribution in [0.4, 0.5) is 0 Å². The van der Waals surface area contributed by atoms with Gasteiger partial charge < -0.3 is 19.7 Å². The van der Waals surface area contributed by atoms with E-state index in [9.17, 15) is 10.2 Å². The Hall–Kier alpha value is -2.24. The maximum absolute atomic E-state index is 10.7. The average Bonchev–Trinajstić information content (AvgIpc) is 2.74. The van der Waals surface area contributed by atoms with Crippen LogP contribution < -0.4 is 0 Å². The van der Waals surface area contributed by atoms with Crippen LogP contribution in [0.15, 0.2) is 86.0 Å². The van der Waals surface area contributed by atoms with Crippen molar-refractivity contribution in [2.75, 3.05) is 0 Å². The van der Waals surface area contributed by atoms with E-state index in [2.05, 4.69) is 13.2 Å². The van der Waals surface area contributed by atoms with Gasteiger partial charge in [0.15, 0.2) is 0 Å². The Balaban J connectivity index is 1.98. The molecule has 0 aliphatic heterocycles. The maximum Gasteiger partial charge on any atom is 0.109 e. The monoisotopic (exact) mass is 382 g/mol. The van der Waals surface area contributed by atoms with Crippen molar-refractivity contribution in [2.45, 2.75) is 50.5 Å². The summed E-state index contributed by atoms with van der Waals surface area (Å²) >= 11 is 0. The van der Waals surface area contributed by atoms with Crippen LogP contribution in [-0.4, -0.2) is 34.6 Å². The summed E-state index contributed by atoms with van der Waals surface area (Å²) in [5.74, 6) is 0. The molecule has 0 aliphatic rings. The minimum Gasteiger partial charge on any atom is -0.388 e. The molecule has 150 valence electrons. The molecule has 0 aliphatic carbocycles. The number of benzene rings is 2. The molecule has 0 amide bonds. The van der Waals surface area contributed by atoms with Crippen LogP contribution in [0.2, 0.25) is 0 Å². The van der Waals surface area contributed by atoms with Gasteiger partial charge in [0.05, 0.1) is 25.4 Å². The first-order valence-electron chi connectivity index (χ1n) is 9.54. The number of hydrogen-bond acceptors (Lipinski definition) is 4. The minimum absolute atomic E-state index is 0.347. The van der Waals surface area contributed by atoms with Gasteiger partial charge >= 0.3 is 0 Å². The molecule has 4 atom stereocenters. The minimum atomic E-state index is -1.11. The largest absolute Gasteiger partial charge is 0.388 e. The topological polar surface area (TPSA) is 58.9 Å². The van der Waals surface area contributed by atoms with E-state index in [1.165, 1.54) is 0 Å². The van der Waals surface area contributed by atoms with E-state index in [0.29, 0.717) is 26.1 Å². The first kappa shape index (κ1) is 22.1. The quantitative estimate of drug-likeness (QED) is 0.514. The zero-order chi connectivity index (χ0) is 20.2. The van der Waals surface area contributed by atoms with E-state index >= 15 is 0 Å². The summed E-state index contributed by atoms with van der Waals surface area (Å²) in [5, 5.41) is 21.5. The summed E-state index contributed by atoms with van der Waals surface area (Å²) in [7, 11) is 0. The second-order valence-electron chi connectivity index (χ2n) is 6.70. The first-order valence-corrected chi connectivity index (χ1v) is 9.54. The van der Waals surface area contributed by atoms with Crippen molar-refractivity contribution in [3.63, 3.8) is 0 Å². The van der Waals surface area contributed by atoms with Gasteiger partial charge in [-0.15, -0.1) is 13.2 Å². The van der Waals surface area contributed by atoms with Gasteiger partial charge in [-0.1, -0.05) is 72.8 Å². The van der Waals surface area contributed by atoms with E-state index < -0.39 is 24.4 Å². The molecule has 0 heterocycles. The standard InChI is InChI=1S/C24H30O4/c1-3-11-21(27-17-19-13-7-5-8-14-19)23(25)24(26)22(12-4-2)28-18-20-15-9-6-10-16-20/h3-10,13-16,21-26H,1-2,11-12,17-18H2. The van der Waals surface area contributed by atoms with E-state index in [-0.39, 0.29) is 0 Å². The van der Waals surface area contributed by atoms with Crippen LogP contribution in [0.5, 0.6) is 0 Å². The molecule has 28 heavy (non-hydrogen) atoms. The molecule has 0 fully saturated rings.